The van der Waals surface area contributed by atoms with Gasteiger partial charge in [-0.25, -0.2) is 9.97 Å². The van der Waals surface area contributed by atoms with Gasteiger partial charge < -0.3 is 9.47 Å². The van der Waals surface area contributed by atoms with Gasteiger partial charge in [0, 0.05) is 20.3 Å². The van der Waals surface area contributed by atoms with Crippen LogP contribution in [0.15, 0.2) is 6.20 Å². The summed E-state index contributed by atoms with van der Waals surface area (Å²) < 4.78 is 12.8. The first-order chi connectivity index (χ1) is 9.24. The van der Waals surface area contributed by atoms with Gasteiger partial charge in [0.1, 0.15) is 11.8 Å². The number of ether oxygens (including phenoxy) is 2. The van der Waals surface area contributed by atoms with E-state index in [1.54, 1.807) is 10.9 Å². The largest absolute Gasteiger partial charge is 0.381 e. The summed E-state index contributed by atoms with van der Waals surface area (Å²) in [6.07, 6.45) is 3.72. The Kier molecular flexibility index (Phi) is 3.63. The van der Waals surface area contributed by atoms with Crippen LogP contribution in [0.1, 0.15) is 18.7 Å². The van der Waals surface area contributed by atoms with Gasteiger partial charge >= 0.3 is 0 Å². The zero-order valence-corrected chi connectivity index (χ0v) is 11.4. The van der Waals surface area contributed by atoms with Crippen molar-refractivity contribution in [3.63, 3.8) is 0 Å². The molecule has 0 saturated carbocycles. The summed E-state index contributed by atoms with van der Waals surface area (Å²) in [5.41, 5.74) is 0.727. The fraction of sp³-hybridized carbons (Fsp3) is 0.583. The molecular formula is C12H15ClN4O2. The van der Waals surface area contributed by atoms with Crippen molar-refractivity contribution in [2.45, 2.75) is 25.6 Å². The third-order valence-corrected chi connectivity index (χ3v) is 3.50. The van der Waals surface area contributed by atoms with Crippen LogP contribution in [-0.2, 0) is 23.1 Å². The van der Waals surface area contributed by atoms with Crippen LogP contribution in [-0.4, -0.2) is 39.1 Å². The Hall–Kier alpha value is -1.24. The topological polar surface area (TPSA) is 62.1 Å². The molecule has 0 bridgehead atoms. The van der Waals surface area contributed by atoms with Crippen molar-refractivity contribution in [1.29, 1.82) is 0 Å². The molecule has 19 heavy (non-hydrogen) atoms. The maximum atomic E-state index is 6.12. The molecule has 1 fully saturated rings. The van der Waals surface area contributed by atoms with E-state index in [9.17, 15) is 0 Å². The average Bonchev–Trinajstić information content (AvgIpc) is 2.80. The Balaban J connectivity index is 1.75. The number of halogens is 1. The van der Waals surface area contributed by atoms with Crippen LogP contribution in [0.2, 0.25) is 5.15 Å². The minimum Gasteiger partial charge on any atom is -0.381 e. The number of rotatable bonds is 3. The van der Waals surface area contributed by atoms with E-state index in [2.05, 4.69) is 15.1 Å². The Morgan fingerprint density at radius 3 is 3.00 bits per heavy atom. The molecule has 1 saturated heterocycles. The predicted molar refractivity (Wildman–Crippen MR) is 69.9 cm³/mol. The quantitative estimate of drug-likeness (QED) is 0.802. The fourth-order valence-electron chi connectivity index (χ4n) is 2.13. The van der Waals surface area contributed by atoms with Crippen LogP contribution in [0, 0.1) is 0 Å². The minimum atomic E-state index is 0.221. The Bertz CT molecular complexity index is 580. The monoisotopic (exact) mass is 282 g/mol. The molecule has 3 rings (SSSR count). The SMILES string of the molecule is Cn1ncc2c(Cl)nc(COC3CCOCC3)nc21. The van der Waals surface area contributed by atoms with E-state index in [0.717, 1.165) is 37.1 Å². The first-order valence-electron chi connectivity index (χ1n) is 6.27. The highest BCUT2D eigenvalue weighted by Crippen LogP contribution is 2.20. The van der Waals surface area contributed by atoms with Gasteiger partial charge in [-0.1, -0.05) is 11.6 Å². The lowest BCUT2D eigenvalue weighted by Crippen LogP contribution is -2.23. The highest BCUT2D eigenvalue weighted by Gasteiger charge is 2.16. The maximum Gasteiger partial charge on any atom is 0.162 e. The highest BCUT2D eigenvalue weighted by molar-refractivity contribution is 6.33. The molecule has 2 aromatic heterocycles. The van der Waals surface area contributed by atoms with Crippen molar-refractivity contribution >= 4 is 22.6 Å². The van der Waals surface area contributed by atoms with Crippen molar-refractivity contribution in [2.24, 2.45) is 7.05 Å². The normalized spacial score (nSPS) is 17.2. The number of fused-ring (bicyclic) bond motifs is 1. The van der Waals surface area contributed by atoms with E-state index in [0.29, 0.717) is 17.6 Å². The van der Waals surface area contributed by atoms with Gasteiger partial charge in [-0.05, 0) is 12.8 Å². The molecule has 7 heteroatoms. The molecule has 0 aliphatic carbocycles. The first-order valence-corrected chi connectivity index (χ1v) is 6.65. The van der Waals surface area contributed by atoms with Crippen molar-refractivity contribution < 1.29 is 9.47 Å². The third-order valence-electron chi connectivity index (χ3n) is 3.21. The number of hydrogen-bond donors (Lipinski definition) is 0. The van der Waals surface area contributed by atoms with Crippen LogP contribution in [0.5, 0.6) is 0 Å². The summed E-state index contributed by atoms with van der Waals surface area (Å²) >= 11 is 6.12. The number of aryl methyl sites for hydroxylation is 1. The lowest BCUT2D eigenvalue weighted by atomic mass is 10.2. The molecule has 6 nitrogen and oxygen atoms in total. The number of aromatic nitrogens is 4. The summed E-state index contributed by atoms with van der Waals surface area (Å²) in [5.74, 6) is 0.590. The Morgan fingerprint density at radius 1 is 1.42 bits per heavy atom. The summed E-state index contributed by atoms with van der Waals surface area (Å²) in [4.78, 5) is 8.67. The predicted octanol–water partition coefficient (Wildman–Crippen LogP) is 1.71. The van der Waals surface area contributed by atoms with Gasteiger partial charge in [0.15, 0.2) is 11.5 Å². The molecule has 1 aliphatic heterocycles. The molecule has 0 atom stereocenters. The van der Waals surface area contributed by atoms with Crippen molar-refractivity contribution in [1.82, 2.24) is 19.7 Å². The van der Waals surface area contributed by atoms with Gasteiger partial charge in [0.2, 0.25) is 0 Å². The molecule has 0 N–H and O–H groups in total. The zero-order valence-electron chi connectivity index (χ0n) is 10.7. The van der Waals surface area contributed by atoms with Crippen LogP contribution >= 0.6 is 11.6 Å². The summed E-state index contributed by atoms with van der Waals surface area (Å²) in [5, 5.41) is 5.30. The standard InChI is InChI=1S/C12H15ClN4O2/c1-17-12-9(6-14-17)11(13)15-10(16-12)7-19-8-2-4-18-5-3-8/h6,8H,2-5,7H2,1H3. The average molecular weight is 283 g/mol. The first kappa shape index (κ1) is 12.8. The van der Waals surface area contributed by atoms with E-state index < -0.39 is 0 Å². The van der Waals surface area contributed by atoms with Crippen LogP contribution in [0.4, 0.5) is 0 Å². The van der Waals surface area contributed by atoms with Gasteiger partial charge in [-0.2, -0.15) is 5.10 Å². The molecule has 2 aromatic rings. The molecule has 0 radical (unpaired) electrons. The Labute approximate surface area is 115 Å². The fourth-order valence-corrected chi connectivity index (χ4v) is 2.36. The van der Waals surface area contributed by atoms with E-state index >= 15 is 0 Å². The highest BCUT2D eigenvalue weighted by atomic mass is 35.5. The van der Waals surface area contributed by atoms with Crippen molar-refractivity contribution in [3.05, 3.63) is 17.2 Å². The third kappa shape index (κ3) is 2.70. The lowest BCUT2D eigenvalue weighted by molar-refractivity contribution is -0.0408. The summed E-state index contributed by atoms with van der Waals surface area (Å²) in [6, 6.07) is 0. The number of nitrogens with zero attached hydrogens (tertiary/aromatic N) is 4. The second-order valence-corrected chi connectivity index (χ2v) is 4.92. The number of hydrogen-bond acceptors (Lipinski definition) is 5. The van der Waals surface area contributed by atoms with Crippen molar-refractivity contribution in [3.8, 4) is 0 Å². The van der Waals surface area contributed by atoms with Crippen molar-refractivity contribution in [2.75, 3.05) is 13.2 Å². The van der Waals surface area contributed by atoms with E-state index in [4.69, 9.17) is 21.1 Å². The molecular weight excluding hydrogens is 268 g/mol. The maximum absolute atomic E-state index is 6.12. The molecule has 0 aromatic carbocycles. The molecule has 102 valence electrons. The van der Waals surface area contributed by atoms with E-state index in [1.807, 2.05) is 7.05 Å². The molecule has 1 aliphatic rings. The van der Waals surface area contributed by atoms with E-state index in [1.165, 1.54) is 0 Å². The Morgan fingerprint density at radius 2 is 2.21 bits per heavy atom. The van der Waals surface area contributed by atoms with Crippen LogP contribution in [0.25, 0.3) is 11.0 Å². The van der Waals surface area contributed by atoms with Gasteiger partial charge in [-0.15, -0.1) is 0 Å². The lowest BCUT2D eigenvalue weighted by Gasteiger charge is -2.21. The second kappa shape index (κ2) is 5.40. The van der Waals surface area contributed by atoms with Crippen LogP contribution in [0.3, 0.4) is 0 Å². The van der Waals surface area contributed by atoms with Gasteiger partial charge in [0.05, 0.1) is 17.7 Å². The van der Waals surface area contributed by atoms with Gasteiger partial charge in [-0.3, -0.25) is 4.68 Å². The van der Waals surface area contributed by atoms with Crippen LogP contribution < -0.4 is 0 Å². The minimum absolute atomic E-state index is 0.221. The summed E-state index contributed by atoms with van der Waals surface area (Å²) in [7, 11) is 1.83. The smallest absolute Gasteiger partial charge is 0.162 e. The van der Waals surface area contributed by atoms with E-state index in [-0.39, 0.29) is 6.10 Å². The van der Waals surface area contributed by atoms with Gasteiger partial charge in [0.25, 0.3) is 0 Å². The molecule has 0 unspecified atom stereocenters. The molecule has 3 heterocycles. The molecule has 0 spiro atoms. The second-order valence-electron chi connectivity index (χ2n) is 4.56. The molecule has 0 amide bonds. The zero-order chi connectivity index (χ0) is 13.2. The summed E-state index contributed by atoms with van der Waals surface area (Å²) in [6.45, 7) is 1.88.